The van der Waals surface area contributed by atoms with Crippen LogP contribution in [-0.4, -0.2) is 41.3 Å². The van der Waals surface area contributed by atoms with E-state index >= 15 is 0 Å². The Labute approximate surface area is 176 Å². The van der Waals surface area contributed by atoms with Crippen LogP contribution in [0.1, 0.15) is 42.4 Å². The van der Waals surface area contributed by atoms with E-state index in [4.69, 9.17) is 5.73 Å². The lowest BCUT2D eigenvalue weighted by Crippen LogP contribution is -2.40. The molecule has 0 bridgehead atoms. The molecule has 29 heavy (non-hydrogen) atoms. The van der Waals surface area contributed by atoms with Gasteiger partial charge in [-0.15, -0.1) is 11.3 Å². The zero-order chi connectivity index (χ0) is 21.0. The lowest BCUT2D eigenvalue weighted by atomic mass is 9.93. The molecule has 1 aromatic carbocycles. The highest BCUT2D eigenvalue weighted by Crippen LogP contribution is 2.31. The standard InChI is InChI=1S/C22H30N4O2S/c1-14-9-15(2)21(16(3)10-14)18-13-29-22(24-18)25-20(28)12-26-8-4-5-17(11-26)6-7-19(23)27/h9-10,13,17H,4-8,11-12H2,1-3H3,(H2,23,27)(H,24,25,28). The minimum atomic E-state index is -0.251. The van der Waals surface area contributed by atoms with Crippen LogP contribution in [-0.2, 0) is 9.59 Å². The van der Waals surface area contributed by atoms with Gasteiger partial charge in [0.2, 0.25) is 11.8 Å². The summed E-state index contributed by atoms with van der Waals surface area (Å²) in [7, 11) is 0. The minimum Gasteiger partial charge on any atom is -0.370 e. The molecule has 2 aromatic rings. The highest BCUT2D eigenvalue weighted by atomic mass is 32.1. The summed E-state index contributed by atoms with van der Waals surface area (Å²) < 4.78 is 0. The summed E-state index contributed by atoms with van der Waals surface area (Å²) in [6.45, 7) is 8.38. The third kappa shape index (κ3) is 5.87. The molecule has 1 aliphatic rings. The van der Waals surface area contributed by atoms with Gasteiger partial charge in [0, 0.05) is 23.9 Å². The number of benzene rings is 1. The normalized spacial score (nSPS) is 17.3. The van der Waals surface area contributed by atoms with Crippen molar-refractivity contribution in [3.05, 3.63) is 34.2 Å². The summed E-state index contributed by atoms with van der Waals surface area (Å²) in [5, 5.41) is 5.58. The molecule has 6 nitrogen and oxygen atoms in total. The van der Waals surface area contributed by atoms with Gasteiger partial charge in [0.1, 0.15) is 0 Å². The Kier molecular flexibility index (Phi) is 7.03. The maximum absolute atomic E-state index is 12.5. The van der Waals surface area contributed by atoms with Crippen molar-refractivity contribution in [1.29, 1.82) is 0 Å². The van der Waals surface area contributed by atoms with Crippen LogP contribution in [0.3, 0.4) is 0 Å². The van der Waals surface area contributed by atoms with Crippen molar-refractivity contribution in [2.75, 3.05) is 25.0 Å². The van der Waals surface area contributed by atoms with Gasteiger partial charge in [-0.05, 0) is 63.6 Å². The van der Waals surface area contributed by atoms with E-state index < -0.39 is 0 Å². The first-order valence-electron chi connectivity index (χ1n) is 10.2. The van der Waals surface area contributed by atoms with E-state index in [0.29, 0.717) is 24.0 Å². The monoisotopic (exact) mass is 414 g/mol. The summed E-state index contributed by atoms with van der Waals surface area (Å²) in [4.78, 5) is 30.3. The van der Waals surface area contributed by atoms with Gasteiger partial charge in [0.15, 0.2) is 5.13 Å². The molecule has 1 atom stereocenters. The smallest absolute Gasteiger partial charge is 0.240 e. The summed E-state index contributed by atoms with van der Waals surface area (Å²) in [6.07, 6.45) is 3.36. The molecule has 2 amide bonds. The Hall–Kier alpha value is -2.25. The van der Waals surface area contributed by atoms with Crippen LogP contribution in [0.2, 0.25) is 0 Å². The number of hydrogen-bond acceptors (Lipinski definition) is 5. The average molecular weight is 415 g/mol. The maximum atomic E-state index is 12.5. The molecule has 7 heteroatoms. The molecule has 0 aliphatic carbocycles. The van der Waals surface area contributed by atoms with Crippen molar-refractivity contribution in [3.63, 3.8) is 0 Å². The molecule has 1 aliphatic heterocycles. The molecule has 1 saturated heterocycles. The third-order valence-corrected chi connectivity index (χ3v) is 6.21. The van der Waals surface area contributed by atoms with Crippen LogP contribution >= 0.6 is 11.3 Å². The fourth-order valence-corrected chi connectivity index (χ4v) is 4.99. The number of amides is 2. The molecule has 1 aromatic heterocycles. The highest BCUT2D eigenvalue weighted by Gasteiger charge is 2.22. The molecular formula is C22H30N4O2S. The molecule has 1 fully saturated rings. The molecule has 0 radical (unpaired) electrons. The predicted molar refractivity (Wildman–Crippen MR) is 118 cm³/mol. The highest BCUT2D eigenvalue weighted by molar-refractivity contribution is 7.14. The van der Waals surface area contributed by atoms with E-state index in [9.17, 15) is 9.59 Å². The molecule has 0 spiro atoms. The lowest BCUT2D eigenvalue weighted by molar-refractivity contribution is -0.119. The Morgan fingerprint density at radius 1 is 1.28 bits per heavy atom. The van der Waals surface area contributed by atoms with Gasteiger partial charge < -0.3 is 11.1 Å². The van der Waals surface area contributed by atoms with Crippen molar-refractivity contribution in [2.45, 2.75) is 46.5 Å². The van der Waals surface area contributed by atoms with Crippen LogP contribution in [0, 0.1) is 26.7 Å². The SMILES string of the molecule is Cc1cc(C)c(-c2csc(NC(=O)CN3CCCC(CCC(N)=O)C3)n2)c(C)c1. The Balaban J connectivity index is 1.57. The van der Waals surface area contributed by atoms with E-state index in [1.165, 1.54) is 28.0 Å². The fraction of sp³-hybridized carbons (Fsp3) is 0.500. The van der Waals surface area contributed by atoms with Crippen LogP contribution in [0.25, 0.3) is 11.3 Å². The van der Waals surface area contributed by atoms with Gasteiger partial charge in [-0.1, -0.05) is 17.7 Å². The van der Waals surface area contributed by atoms with Crippen molar-refractivity contribution in [2.24, 2.45) is 11.7 Å². The van der Waals surface area contributed by atoms with E-state index in [2.05, 4.69) is 48.1 Å². The van der Waals surface area contributed by atoms with Gasteiger partial charge in [-0.3, -0.25) is 14.5 Å². The second-order valence-electron chi connectivity index (χ2n) is 8.11. The van der Waals surface area contributed by atoms with Crippen LogP contribution < -0.4 is 11.1 Å². The number of hydrogen-bond donors (Lipinski definition) is 2. The van der Waals surface area contributed by atoms with Crippen molar-refractivity contribution in [3.8, 4) is 11.3 Å². The zero-order valence-electron chi connectivity index (χ0n) is 17.5. The first-order chi connectivity index (χ1) is 13.8. The topological polar surface area (TPSA) is 88.3 Å². The van der Waals surface area contributed by atoms with Gasteiger partial charge in [0.25, 0.3) is 0 Å². The number of thiazole rings is 1. The summed E-state index contributed by atoms with van der Waals surface area (Å²) in [5.41, 5.74) is 10.9. The van der Waals surface area contributed by atoms with E-state index in [1.807, 2.05) is 5.38 Å². The second kappa shape index (κ2) is 9.50. The van der Waals surface area contributed by atoms with Crippen molar-refractivity contribution >= 4 is 28.3 Å². The lowest BCUT2D eigenvalue weighted by Gasteiger charge is -2.31. The number of aromatic nitrogens is 1. The molecule has 3 N–H and O–H groups in total. The summed E-state index contributed by atoms with van der Waals surface area (Å²) in [6, 6.07) is 4.32. The summed E-state index contributed by atoms with van der Waals surface area (Å²) >= 11 is 1.46. The minimum absolute atomic E-state index is 0.0428. The number of primary amides is 1. The van der Waals surface area contributed by atoms with Crippen LogP contribution in [0.15, 0.2) is 17.5 Å². The number of carbonyl (C=O) groups excluding carboxylic acids is 2. The molecular weight excluding hydrogens is 384 g/mol. The van der Waals surface area contributed by atoms with Gasteiger partial charge >= 0.3 is 0 Å². The zero-order valence-corrected chi connectivity index (χ0v) is 18.3. The number of anilines is 1. The number of rotatable bonds is 7. The van der Waals surface area contributed by atoms with Crippen LogP contribution in [0.5, 0.6) is 0 Å². The van der Waals surface area contributed by atoms with Gasteiger partial charge in [-0.25, -0.2) is 4.98 Å². The maximum Gasteiger partial charge on any atom is 0.240 e. The predicted octanol–water partition coefficient (Wildman–Crippen LogP) is 3.65. The fourth-order valence-electron chi connectivity index (χ4n) is 4.27. The second-order valence-corrected chi connectivity index (χ2v) is 8.97. The largest absolute Gasteiger partial charge is 0.370 e. The molecule has 156 valence electrons. The Morgan fingerprint density at radius 2 is 2.00 bits per heavy atom. The average Bonchev–Trinajstić information content (AvgIpc) is 3.07. The first-order valence-corrected chi connectivity index (χ1v) is 11.0. The molecule has 2 heterocycles. The third-order valence-electron chi connectivity index (χ3n) is 5.45. The number of nitrogens with one attached hydrogen (secondary N) is 1. The molecule has 0 saturated carbocycles. The Bertz CT molecular complexity index is 870. The van der Waals surface area contributed by atoms with Crippen molar-refractivity contribution < 1.29 is 9.59 Å². The Morgan fingerprint density at radius 3 is 2.69 bits per heavy atom. The summed E-state index contributed by atoms with van der Waals surface area (Å²) in [5.74, 6) is 0.139. The van der Waals surface area contributed by atoms with Crippen LogP contribution in [0.4, 0.5) is 5.13 Å². The molecule has 3 rings (SSSR count). The van der Waals surface area contributed by atoms with E-state index in [-0.39, 0.29) is 11.8 Å². The number of aryl methyl sites for hydroxylation is 3. The van der Waals surface area contributed by atoms with E-state index in [1.54, 1.807) is 0 Å². The quantitative estimate of drug-likeness (QED) is 0.724. The number of carbonyl (C=O) groups is 2. The van der Waals surface area contributed by atoms with E-state index in [0.717, 1.165) is 43.6 Å². The first kappa shape index (κ1) is 21.5. The van der Waals surface area contributed by atoms with Gasteiger partial charge in [0.05, 0.1) is 12.2 Å². The number of likely N-dealkylation sites (tertiary alicyclic amines) is 1. The van der Waals surface area contributed by atoms with Gasteiger partial charge in [-0.2, -0.15) is 0 Å². The number of nitrogens with two attached hydrogens (primary N) is 1. The number of nitrogens with zero attached hydrogens (tertiary/aromatic N) is 2. The molecule has 1 unspecified atom stereocenters. The van der Waals surface area contributed by atoms with Crippen molar-refractivity contribution in [1.82, 2.24) is 9.88 Å². The number of piperidine rings is 1.